The van der Waals surface area contributed by atoms with Crippen molar-refractivity contribution in [1.29, 1.82) is 0 Å². The maximum absolute atomic E-state index is 7.59. The Morgan fingerprint density at radius 3 is 2.48 bits per heavy atom. The zero-order valence-corrected chi connectivity index (χ0v) is 23.1. The van der Waals surface area contributed by atoms with Gasteiger partial charge in [0, 0.05) is 0 Å². The van der Waals surface area contributed by atoms with Gasteiger partial charge in [0.25, 0.3) is 0 Å². The zero-order valence-electron chi connectivity index (χ0n) is 16.7. The van der Waals surface area contributed by atoms with E-state index in [1.165, 1.54) is 39.2 Å². The van der Waals surface area contributed by atoms with Crippen molar-refractivity contribution in [3.63, 3.8) is 0 Å². The Balaban J connectivity index is 1.60. The minimum atomic E-state index is -4.84. The van der Waals surface area contributed by atoms with Gasteiger partial charge in [0.2, 0.25) is 0 Å². The van der Waals surface area contributed by atoms with Gasteiger partial charge in [-0.1, -0.05) is 0 Å². The number of hydrogen-bond acceptors (Lipinski definition) is 2. The molecule has 0 aromatic heterocycles. The fourth-order valence-corrected chi connectivity index (χ4v) is 19.7. The van der Waals surface area contributed by atoms with Gasteiger partial charge in [-0.3, -0.25) is 0 Å². The van der Waals surface area contributed by atoms with Crippen LogP contribution in [0, 0.1) is 0 Å². The van der Waals surface area contributed by atoms with Crippen molar-refractivity contribution in [3.05, 3.63) is 105 Å². The van der Waals surface area contributed by atoms with Crippen LogP contribution in [0.4, 0.5) is 5.69 Å². The second-order valence-electron chi connectivity index (χ2n) is 8.57. The van der Waals surface area contributed by atoms with Gasteiger partial charge in [0.05, 0.1) is 0 Å². The number of para-hydroxylation sites is 1. The van der Waals surface area contributed by atoms with E-state index in [1.54, 1.807) is 0 Å². The molecule has 0 N–H and O–H groups in total. The molecule has 0 radical (unpaired) electrons. The summed E-state index contributed by atoms with van der Waals surface area (Å²) in [4.78, 5) is 2.28. The molecule has 0 saturated heterocycles. The zero-order chi connectivity index (χ0) is 21.6. The predicted octanol–water partition coefficient (Wildman–Crippen LogP) is 7.62. The summed E-state index contributed by atoms with van der Waals surface area (Å²) in [5.41, 5.74) is 8.56. The molecule has 1 aliphatic heterocycles. The number of nitrogens with zero attached hydrogens (tertiary/aromatic N) is 1. The van der Waals surface area contributed by atoms with Crippen molar-refractivity contribution in [2.24, 2.45) is 0 Å². The molecule has 0 saturated carbocycles. The quantitative estimate of drug-likeness (QED) is 0.294. The first kappa shape index (κ1) is 20.8. The molecular weight excluding hydrogens is 588 g/mol. The van der Waals surface area contributed by atoms with Gasteiger partial charge in [-0.15, -0.1) is 0 Å². The van der Waals surface area contributed by atoms with Gasteiger partial charge in [-0.2, -0.15) is 0 Å². The van der Waals surface area contributed by atoms with Crippen LogP contribution in [0.15, 0.2) is 76.9 Å². The van der Waals surface area contributed by atoms with Crippen LogP contribution in [0.2, 0.25) is 0 Å². The third kappa shape index (κ3) is 2.92. The average Bonchev–Trinajstić information content (AvgIpc) is 3.40. The number of fused-ring (bicyclic) bond motifs is 6. The Morgan fingerprint density at radius 1 is 0.968 bits per heavy atom. The number of rotatable bonds is 2. The van der Waals surface area contributed by atoms with Crippen LogP contribution in [0.25, 0.3) is 12.2 Å². The predicted molar refractivity (Wildman–Crippen MR) is 137 cm³/mol. The molecule has 0 amide bonds. The first-order valence-electron chi connectivity index (χ1n) is 10.2. The van der Waals surface area contributed by atoms with E-state index in [0.29, 0.717) is 0 Å². The number of anilines is 1. The van der Waals surface area contributed by atoms with Crippen LogP contribution < -0.4 is 8.17 Å². The van der Waals surface area contributed by atoms with Crippen molar-refractivity contribution in [3.8, 4) is 0 Å². The van der Waals surface area contributed by atoms with E-state index in [4.69, 9.17) is 26.4 Å². The van der Waals surface area contributed by atoms with Crippen LogP contribution in [0.5, 0.6) is 0 Å². The number of allylic oxidation sites excluding steroid dienone is 2. The van der Waals surface area contributed by atoms with Crippen LogP contribution in [0.3, 0.4) is 0 Å². The number of likely N-dealkylation sites (N-methyl/N-ethyl adjacent to an activating group) is 1. The molecule has 0 fully saturated rings. The first-order chi connectivity index (χ1) is 14.7. The molecule has 0 bridgehead atoms. The van der Waals surface area contributed by atoms with E-state index in [1.807, 2.05) is 0 Å². The van der Waals surface area contributed by atoms with E-state index in [2.05, 4.69) is 107 Å². The molecule has 0 spiro atoms. The third-order valence-corrected chi connectivity index (χ3v) is 22.8. The van der Waals surface area contributed by atoms with Crippen molar-refractivity contribution in [2.45, 2.75) is 9.54 Å². The minimum absolute atomic E-state index is 0.0823. The molecule has 1 heterocycles. The van der Waals surface area contributed by atoms with Crippen molar-refractivity contribution in [1.82, 2.24) is 0 Å². The van der Waals surface area contributed by atoms with Crippen LogP contribution >= 0.6 is 42.3 Å². The normalized spacial score (nSPS) is 21.8. The van der Waals surface area contributed by atoms with Gasteiger partial charge in [0.1, 0.15) is 0 Å². The Hall–Kier alpha value is -0.767. The third-order valence-electron chi connectivity index (χ3n) is 6.87. The number of hydrogen-bond donors (Lipinski definition) is 1. The maximum atomic E-state index is 7.59. The van der Waals surface area contributed by atoms with Gasteiger partial charge in [0.15, 0.2) is 0 Å². The molecule has 2 atom stereocenters. The molecule has 3 aromatic rings. The van der Waals surface area contributed by atoms with E-state index < -0.39 is 14.9 Å². The molecule has 3 aliphatic rings. The second-order valence-corrected chi connectivity index (χ2v) is 36.5. The molecular formula is C25H19BrCl2NSZr. The summed E-state index contributed by atoms with van der Waals surface area (Å²) in [7, 11) is 22.6. The van der Waals surface area contributed by atoms with E-state index in [0.717, 1.165) is 7.74 Å². The van der Waals surface area contributed by atoms with Crippen LogP contribution in [0.1, 0.15) is 37.4 Å². The first-order valence-corrected chi connectivity index (χ1v) is 23.7. The fraction of sp³-hybridized carbons (Fsp3) is 0.120. The molecule has 1 nitrogen and oxygen atoms in total. The molecule has 2 unspecified atom stereocenters. The van der Waals surface area contributed by atoms with Crippen molar-refractivity contribution < 1.29 is 14.9 Å². The molecule has 2 aliphatic carbocycles. The van der Waals surface area contributed by atoms with Crippen LogP contribution in [-0.2, 0) is 14.9 Å². The Labute approximate surface area is 202 Å². The van der Waals surface area contributed by atoms with E-state index >= 15 is 0 Å². The van der Waals surface area contributed by atoms with Crippen molar-refractivity contribution >= 4 is 63.5 Å². The summed E-state index contributed by atoms with van der Waals surface area (Å²) in [6.07, 6.45) is 6.57. The topological polar surface area (TPSA) is 3.24 Å². The van der Waals surface area contributed by atoms with E-state index in [9.17, 15) is 0 Å². The fourth-order valence-electron chi connectivity index (χ4n) is 5.47. The number of halogens is 3. The van der Waals surface area contributed by atoms with Crippen LogP contribution in [-0.4, -0.2) is 7.05 Å². The molecule has 6 rings (SSSR count). The summed E-state index contributed by atoms with van der Waals surface area (Å²) in [5, 5.41) is 0. The van der Waals surface area contributed by atoms with Gasteiger partial charge in [-0.05, 0) is 0 Å². The SMILES string of the molecule is CN1C2=Cc3cc(Br)c[c]([Zr]([SH])([Cl])([Cl])[CH]4C=Cc5ccccc54)c3C2c2ccccc21. The Bertz CT molecular complexity index is 1340. The number of thiol groups is 1. The van der Waals surface area contributed by atoms with Crippen molar-refractivity contribution in [2.75, 3.05) is 11.9 Å². The monoisotopic (exact) mass is 604 g/mol. The van der Waals surface area contributed by atoms with Gasteiger partial charge >= 0.3 is 205 Å². The standard InChI is InChI=1S/C16H11BrN.C9H7.2ClH.H2S.Zr/c1-18-14-5-3-2-4-13(14)16-12-7-6-11(17)8-10(12)9-15(16)18;1-2-5-9-7-3-6-8(9)4-1;;;;/h2-6,8-9,16H,1H3;1-7H;2*1H;1H2;/q;;;;;+3/p-3. The molecule has 6 heteroatoms. The number of benzene rings is 3. The van der Waals surface area contributed by atoms with E-state index in [-0.39, 0.29) is 9.54 Å². The molecule has 155 valence electrons. The molecule has 3 aromatic carbocycles. The van der Waals surface area contributed by atoms with Gasteiger partial charge in [-0.25, -0.2) is 0 Å². The second kappa shape index (κ2) is 6.87. The summed E-state index contributed by atoms with van der Waals surface area (Å²) in [6.45, 7) is 0. The van der Waals surface area contributed by atoms with Gasteiger partial charge < -0.3 is 0 Å². The Morgan fingerprint density at radius 2 is 1.68 bits per heavy atom. The summed E-state index contributed by atoms with van der Waals surface area (Å²) < 4.78 is 1.94. The summed E-state index contributed by atoms with van der Waals surface area (Å²) in [6, 6.07) is 21.2. The Kier molecular flexibility index (Phi) is 4.61. The summed E-state index contributed by atoms with van der Waals surface area (Å²) >= 11 is -1.12. The average molecular weight is 608 g/mol. The summed E-state index contributed by atoms with van der Waals surface area (Å²) in [5.74, 6) is 0.137. The molecule has 31 heavy (non-hydrogen) atoms.